The summed E-state index contributed by atoms with van der Waals surface area (Å²) in [6, 6.07) is 0. The molecule has 0 aromatic rings. The second kappa shape index (κ2) is 11.7. The maximum Gasteiger partial charge on any atom is 0.190 e. The van der Waals surface area contributed by atoms with Crippen molar-refractivity contribution in [3.63, 3.8) is 0 Å². The van der Waals surface area contributed by atoms with Crippen molar-refractivity contribution in [3.8, 4) is 0 Å². The number of ether oxygens (including phenoxy) is 2. The van der Waals surface area contributed by atoms with Crippen LogP contribution in [-0.2, 0) is 9.47 Å². The maximum atomic E-state index is 5.71. The molecule has 1 heterocycles. The number of nitrogens with zero attached hydrogens (tertiary/aromatic N) is 1. The van der Waals surface area contributed by atoms with Crippen molar-refractivity contribution < 1.29 is 9.47 Å². The van der Waals surface area contributed by atoms with Gasteiger partial charge >= 0.3 is 0 Å². The van der Waals surface area contributed by atoms with E-state index in [-0.39, 0.29) is 0 Å². The van der Waals surface area contributed by atoms with E-state index in [1.165, 1.54) is 38.5 Å². The number of aliphatic imine (C=N–C) groups is 1. The first-order valence-corrected chi connectivity index (χ1v) is 9.48. The highest BCUT2D eigenvalue weighted by Gasteiger charge is 2.15. The van der Waals surface area contributed by atoms with E-state index in [0.717, 1.165) is 64.2 Å². The lowest BCUT2D eigenvalue weighted by Gasteiger charge is -2.22. The Morgan fingerprint density at radius 1 is 1.09 bits per heavy atom. The minimum atomic E-state index is 0.608. The van der Waals surface area contributed by atoms with Gasteiger partial charge in [-0.25, -0.2) is 0 Å². The molecule has 2 fully saturated rings. The molecule has 1 saturated heterocycles. The molecular formula is C18H35N3O2. The zero-order chi connectivity index (χ0) is 16.2. The van der Waals surface area contributed by atoms with Gasteiger partial charge in [-0.05, 0) is 25.2 Å². The minimum absolute atomic E-state index is 0.608. The van der Waals surface area contributed by atoms with Crippen molar-refractivity contribution in [3.05, 3.63) is 0 Å². The summed E-state index contributed by atoms with van der Waals surface area (Å²) in [5.41, 5.74) is 0. The molecule has 1 unspecified atom stereocenters. The molecule has 0 amide bonds. The zero-order valence-corrected chi connectivity index (χ0v) is 14.8. The topological polar surface area (TPSA) is 54.9 Å². The van der Waals surface area contributed by atoms with Crippen molar-refractivity contribution >= 4 is 5.96 Å². The van der Waals surface area contributed by atoms with Gasteiger partial charge in [0.25, 0.3) is 0 Å². The summed E-state index contributed by atoms with van der Waals surface area (Å²) in [5, 5.41) is 6.80. The number of nitrogens with one attached hydrogen (secondary N) is 2. The van der Waals surface area contributed by atoms with Crippen LogP contribution in [0, 0.1) is 11.8 Å². The molecule has 1 aliphatic carbocycles. The van der Waals surface area contributed by atoms with Crippen molar-refractivity contribution in [2.75, 3.05) is 46.6 Å². The molecule has 5 heteroatoms. The van der Waals surface area contributed by atoms with Gasteiger partial charge in [0.05, 0.1) is 13.2 Å². The van der Waals surface area contributed by atoms with Crippen LogP contribution in [-0.4, -0.2) is 52.5 Å². The highest BCUT2D eigenvalue weighted by Crippen LogP contribution is 2.25. The van der Waals surface area contributed by atoms with Crippen molar-refractivity contribution in [2.24, 2.45) is 16.8 Å². The van der Waals surface area contributed by atoms with Crippen LogP contribution in [0.15, 0.2) is 4.99 Å². The summed E-state index contributed by atoms with van der Waals surface area (Å²) in [4.78, 5) is 4.29. The van der Waals surface area contributed by atoms with Gasteiger partial charge in [0.2, 0.25) is 0 Å². The molecule has 2 aliphatic rings. The van der Waals surface area contributed by atoms with E-state index in [2.05, 4.69) is 15.6 Å². The molecule has 2 rings (SSSR count). The molecule has 0 aromatic carbocycles. The van der Waals surface area contributed by atoms with E-state index in [1.807, 2.05) is 7.05 Å². The molecule has 0 radical (unpaired) electrons. The Labute approximate surface area is 141 Å². The van der Waals surface area contributed by atoms with E-state index in [0.29, 0.717) is 5.92 Å². The Kier molecular flexibility index (Phi) is 9.41. The van der Waals surface area contributed by atoms with Gasteiger partial charge in [-0.1, -0.05) is 32.1 Å². The van der Waals surface area contributed by atoms with Gasteiger partial charge in [0, 0.05) is 39.3 Å². The first kappa shape index (κ1) is 18.5. The second-order valence-electron chi connectivity index (χ2n) is 6.88. The van der Waals surface area contributed by atoms with Gasteiger partial charge in [-0.3, -0.25) is 4.99 Å². The van der Waals surface area contributed by atoms with Gasteiger partial charge in [0.1, 0.15) is 0 Å². The van der Waals surface area contributed by atoms with Crippen LogP contribution in [0.3, 0.4) is 0 Å². The van der Waals surface area contributed by atoms with Crippen LogP contribution < -0.4 is 10.6 Å². The molecule has 2 N–H and O–H groups in total. The normalized spacial score (nSPS) is 23.2. The summed E-state index contributed by atoms with van der Waals surface area (Å²) >= 11 is 0. The first-order valence-electron chi connectivity index (χ1n) is 9.48. The van der Waals surface area contributed by atoms with E-state index in [9.17, 15) is 0 Å². The molecule has 1 saturated carbocycles. The molecule has 5 nitrogen and oxygen atoms in total. The number of rotatable bonds is 9. The Balaban J connectivity index is 1.42. The lowest BCUT2D eigenvalue weighted by Crippen LogP contribution is -2.39. The average Bonchev–Trinajstić information content (AvgIpc) is 3.10. The third-order valence-corrected chi connectivity index (χ3v) is 4.93. The lowest BCUT2D eigenvalue weighted by atomic mass is 9.87. The van der Waals surface area contributed by atoms with E-state index >= 15 is 0 Å². The SMILES string of the molecule is CN=C(NCCCOCC1CCOC1)NCCC1CCCCC1. The van der Waals surface area contributed by atoms with Crippen LogP contribution in [0.25, 0.3) is 0 Å². The fraction of sp³-hybridized carbons (Fsp3) is 0.944. The van der Waals surface area contributed by atoms with Crippen LogP contribution >= 0.6 is 0 Å². The summed E-state index contributed by atoms with van der Waals surface area (Å²) < 4.78 is 11.1. The molecule has 1 aliphatic heterocycles. The fourth-order valence-corrected chi connectivity index (χ4v) is 3.44. The quantitative estimate of drug-likeness (QED) is 0.389. The Morgan fingerprint density at radius 2 is 1.91 bits per heavy atom. The van der Waals surface area contributed by atoms with Gasteiger partial charge < -0.3 is 20.1 Å². The monoisotopic (exact) mass is 325 g/mol. The molecule has 134 valence electrons. The summed E-state index contributed by atoms with van der Waals surface area (Å²) in [6.07, 6.45) is 10.5. The Morgan fingerprint density at radius 3 is 2.65 bits per heavy atom. The van der Waals surface area contributed by atoms with Gasteiger partial charge in [-0.15, -0.1) is 0 Å². The van der Waals surface area contributed by atoms with Gasteiger partial charge in [0.15, 0.2) is 5.96 Å². The van der Waals surface area contributed by atoms with Crippen LogP contribution in [0.2, 0.25) is 0 Å². The molecular weight excluding hydrogens is 290 g/mol. The smallest absolute Gasteiger partial charge is 0.190 e. The van der Waals surface area contributed by atoms with E-state index in [1.54, 1.807) is 0 Å². The maximum absolute atomic E-state index is 5.71. The lowest BCUT2D eigenvalue weighted by molar-refractivity contribution is 0.0888. The summed E-state index contributed by atoms with van der Waals surface area (Å²) in [6.45, 7) is 5.36. The van der Waals surface area contributed by atoms with Crippen molar-refractivity contribution in [2.45, 2.75) is 51.4 Å². The van der Waals surface area contributed by atoms with Crippen LogP contribution in [0.4, 0.5) is 0 Å². The third kappa shape index (κ3) is 8.02. The Bertz CT molecular complexity index is 324. The zero-order valence-electron chi connectivity index (χ0n) is 14.8. The molecule has 0 bridgehead atoms. The Hall–Kier alpha value is -0.810. The van der Waals surface area contributed by atoms with E-state index in [4.69, 9.17) is 9.47 Å². The largest absolute Gasteiger partial charge is 0.381 e. The second-order valence-corrected chi connectivity index (χ2v) is 6.88. The standard InChI is InChI=1S/C18H35N3O2/c1-19-18(21-11-8-16-6-3-2-4-7-16)20-10-5-12-22-14-17-9-13-23-15-17/h16-17H,2-15H2,1H3,(H2,19,20,21). The van der Waals surface area contributed by atoms with Gasteiger partial charge in [-0.2, -0.15) is 0 Å². The summed E-state index contributed by atoms with van der Waals surface area (Å²) in [5.74, 6) is 2.45. The number of hydrogen-bond acceptors (Lipinski definition) is 3. The summed E-state index contributed by atoms with van der Waals surface area (Å²) in [7, 11) is 1.84. The predicted octanol–water partition coefficient (Wildman–Crippen LogP) is 2.56. The highest BCUT2D eigenvalue weighted by atomic mass is 16.5. The molecule has 0 spiro atoms. The van der Waals surface area contributed by atoms with Crippen molar-refractivity contribution in [1.29, 1.82) is 0 Å². The van der Waals surface area contributed by atoms with Crippen LogP contribution in [0.1, 0.15) is 51.4 Å². The molecule has 1 atom stereocenters. The van der Waals surface area contributed by atoms with E-state index < -0.39 is 0 Å². The van der Waals surface area contributed by atoms with Crippen molar-refractivity contribution in [1.82, 2.24) is 10.6 Å². The minimum Gasteiger partial charge on any atom is -0.381 e. The highest BCUT2D eigenvalue weighted by molar-refractivity contribution is 5.79. The molecule has 0 aromatic heterocycles. The fourth-order valence-electron chi connectivity index (χ4n) is 3.44. The number of guanidine groups is 1. The number of hydrogen-bond donors (Lipinski definition) is 2. The predicted molar refractivity (Wildman–Crippen MR) is 94.9 cm³/mol. The molecule has 23 heavy (non-hydrogen) atoms. The third-order valence-electron chi connectivity index (χ3n) is 4.93. The first-order chi connectivity index (χ1) is 11.4. The van der Waals surface area contributed by atoms with Crippen LogP contribution in [0.5, 0.6) is 0 Å². The average molecular weight is 325 g/mol.